The number of carboxylic acids is 1. The van der Waals surface area contributed by atoms with Crippen LogP contribution < -0.4 is 5.32 Å². The minimum absolute atomic E-state index is 0.331. The number of benzene rings is 1. The third-order valence-electron chi connectivity index (χ3n) is 5.21. The molecule has 1 heterocycles. The molecule has 2 N–H and O–H groups in total. The number of thiophene rings is 1. The lowest BCUT2D eigenvalue weighted by Gasteiger charge is -2.13. The molecule has 0 aliphatic heterocycles. The maximum atomic E-state index is 12.5. The molecule has 4 nitrogen and oxygen atoms in total. The molecule has 2 aromatic rings. The van der Waals surface area contributed by atoms with Gasteiger partial charge in [0.15, 0.2) is 0 Å². The number of nitrogens with one attached hydrogen (secondary N) is 1. The number of aliphatic carboxylic acids is 1. The molecule has 0 fully saturated rings. The standard InChI is InChI=1S/C27H35NO3S2/c1-19(2)9-7-10-20(3)11-8-12-21(4)15-16-32-18-23(27(30)31)28-26(29)25-17-22-13-5-6-14-24(22)33-25/h5-6,9,11,13-15,17,23H,7-8,10,12,16,18H2,1-4H3,(H,28,29)(H,30,31)/b20-11+,21-15+/t23-/m0/s1. The Kier molecular flexibility index (Phi) is 11.5. The summed E-state index contributed by atoms with van der Waals surface area (Å²) in [5, 5.41) is 13.2. The zero-order valence-electron chi connectivity index (χ0n) is 20.0. The third kappa shape index (κ3) is 10.0. The number of fused-ring (bicyclic) bond motifs is 1. The molecule has 1 atom stereocenters. The summed E-state index contributed by atoms with van der Waals surface area (Å²) < 4.78 is 1.02. The fourth-order valence-corrected chi connectivity index (χ4v) is 5.19. The number of allylic oxidation sites excluding steroid dienone is 5. The van der Waals surface area contributed by atoms with Gasteiger partial charge in [-0.25, -0.2) is 4.79 Å². The Morgan fingerprint density at radius 2 is 1.70 bits per heavy atom. The maximum absolute atomic E-state index is 12.5. The number of carbonyl (C=O) groups is 2. The van der Waals surface area contributed by atoms with E-state index in [0.717, 1.165) is 41.5 Å². The van der Waals surface area contributed by atoms with E-state index in [9.17, 15) is 14.7 Å². The molecule has 0 saturated heterocycles. The highest BCUT2D eigenvalue weighted by molar-refractivity contribution is 7.99. The fourth-order valence-electron chi connectivity index (χ4n) is 3.22. The SMILES string of the molecule is CC(C)=CCC/C(C)=C/CC/C(C)=C/CSC[C@H](NC(=O)c1cc2ccccc2s1)C(=O)O. The summed E-state index contributed by atoms with van der Waals surface area (Å²) >= 11 is 2.90. The smallest absolute Gasteiger partial charge is 0.327 e. The molecule has 0 unspecified atom stereocenters. The van der Waals surface area contributed by atoms with Gasteiger partial charge in [0.05, 0.1) is 4.88 Å². The van der Waals surface area contributed by atoms with Gasteiger partial charge in [-0.3, -0.25) is 4.79 Å². The predicted molar refractivity (Wildman–Crippen MR) is 143 cm³/mol. The van der Waals surface area contributed by atoms with Crippen LogP contribution in [-0.2, 0) is 4.79 Å². The van der Waals surface area contributed by atoms with E-state index in [4.69, 9.17) is 0 Å². The topological polar surface area (TPSA) is 66.4 Å². The van der Waals surface area contributed by atoms with Crippen molar-refractivity contribution >= 4 is 45.1 Å². The monoisotopic (exact) mass is 485 g/mol. The van der Waals surface area contributed by atoms with E-state index in [1.807, 2.05) is 30.3 Å². The van der Waals surface area contributed by atoms with Crippen molar-refractivity contribution < 1.29 is 14.7 Å². The van der Waals surface area contributed by atoms with Crippen molar-refractivity contribution in [2.75, 3.05) is 11.5 Å². The fraction of sp³-hybridized carbons (Fsp3) is 0.407. The van der Waals surface area contributed by atoms with Gasteiger partial charge < -0.3 is 10.4 Å². The van der Waals surface area contributed by atoms with Crippen molar-refractivity contribution in [2.45, 2.75) is 59.4 Å². The van der Waals surface area contributed by atoms with Gasteiger partial charge in [-0.2, -0.15) is 11.8 Å². The molecule has 0 spiro atoms. The molecule has 33 heavy (non-hydrogen) atoms. The number of thioether (sulfide) groups is 1. The summed E-state index contributed by atoms with van der Waals surface area (Å²) in [5.41, 5.74) is 4.09. The van der Waals surface area contributed by atoms with Crippen LogP contribution in [0, 0.1) is 0 Å². The van der Waals surface area contributed by atoms with Gasteiger partial charge in [0.25, 0.3) is 5.91 Å². The Labute approximate surface area is 205 Å². The zero-order valence-corrected chi connectivity index (χ0v) is 21.7. The number of hydrogen-bond acceptors (Lipinski definition) is 4. The van der Waals surface area contributed by atoms with Crippen LogP contribution in [0.4, 0.5) is 0 Å². The molecule has 0 radical (unpaired) electrons. The molecule has 0 saturated carbocycles. The molecule has 6 heteroatoms. The minimum Gasteiger partial charge on any atom is -0.480 e. The number of carboxylic acid groups (broad SMARTS) is 1. The van der Waals surface area contributed by atoms with Crippen LogP contribution in [0.1, 0.15) is 63.0 Å². The molecular weight excluding hydrogens is 450 g/mol. The van der Waals surface area contributed by atoms with Crippen LogP contribution in [0.2, 0.25) is 0 Å². The molecule has 1 aromatic heterocycles. The second-order valence-corrected chi connectivity index (χ2v) is 10.7. The highest BCUT2D eigenvalue weighted by Gasteiger charge is 2.21. The Morgan fingerprint density at radius 3 is 2.36 bits per heavy atom. The number of rotatable bonds is 13. The lowest BCUT2D eigenvalue weighted by Crippen LogP contribution is -2.42. The van der Waals surface area contributed by atoms with E-state index in [2.05, 4.69) is 51.2 Å². The lowest BCUT2D eigenvalue weighted by molar-refractivity contribution is -0.138. The minimum atomic E-state index is -1.01. The molecule has 1 amide bonds. The third-order valence-corrected chi connectivity index (χ3v) is 7.30. The lowest BCUT2D eigenvalue weighted by atomic mass is 10.1. The summed E-state index contributed by atoms with van der Waals surface area (Å²) in [6, 6.07) is 8.66. The quantitative estimate of drug-likeness (QED) is 0.232. The van der Waals surface area contributed by atoms with E-state index >= 15 is 0 Å². The normalized spacial score (nSPS) is 13.1. The first-order valence-corrected chi connectivity index (χ1v) is 13.3. The molecule has 0 aliphatic rings. The molecule has 2 rings (SSSR count). The van der Waals surface area contributed by atoms with Gasteiger partial charge >= 0.3 is 5.97 Å². The van der Waals surface area contributed by atoms with Gasteiger partial charge in [-0.1, -0.05) is 53.1 Å². The molecule has 0 bridgehead atoms. The van der Waals surface area contributed by atoms with Crippen molar-refractivity contribution in [1.29, 1.82) is 0 Å². The van der Waals surface area contributed by atoms with Gasteiger partial charge in [-0.05, 0) is 70.9 Å². The van der Waals surface area contributed by atoms with Gasteiger partial charge in [0.2, 0.25) is 0 Å². The summed E-state index contributed by atoms with van der Waals surface area (Å²) in [6.07, 6.45) is 11.0. The number of amides is 1. The van der Waals surface area contributed by atoms with Crippen molar-refractivity contribution in [1.82, 2.24) is 5.32 Å². The number of carbonyl (C=O) groups excluding carboxylic acids is 1. The Bertz CT molecular complexity index is 996. The van der Waals surface area contributed by atoms with E-state index in [0.29, 0.717) is 10.6 Å². The van der Waals surface area contributed by atoms with Crippen LogP contribution >= 0.6 is 23.1 Å². The van der Waals surface area contributed by atoms with Gasteiger partial charge in [0.1, 0.15) is 6.04 Å². The molecule has 178 valence electrons. The van der Waals surface area contributed by atoms with Crippen molar-refractivity contribution in [3.05, 3.63) is 70.2 Å². The summed E-state index contributed by atoms with van der Waals surface area (Å²) in [7, 11) is 0. The second kappa shape index (κ2) is 14.1. The second-order valence-electron chi connectivity index (χ2n) is 8.51. The summed E-state index contributed by atoms with van der Waals surface area (Å²) in [4.78, 5) is 24.7. The largest absolute Gasteiger partial charge is 0.480 e. The Morgan fingerprint density at radius 1 is 1.03 bits per heavy atom. The first-order chi connectivity index (χ1) is 15.8. The molecule has 0 aliphatic carbocycles. The highest BCUT2D eigenvalue weighted by Crippen LogP contribution is 2.25. The van der Waals surface area contributed by atoms with Crippen molar-refractivity contribution in [2.24, 2.45) is 0 Å². The average molecular weight is 486 g/mol. The van der Waals surface area contributed by atoms with Crippen LogP contribution in [0.3, 0.4) is 0 Å². The zero-order chi connectivity index (χ0) is 24.2. The summed E-state index contributed by atoms with van der Waals surface area (Å²) in [5.74, 6) is -0.273. The Hall–Kier alpha value is -2.31. The molecular formula is C27H35NO3S2. The van der Waals surface area contributed by atoms with Crippen LogP contribution in [-0.4, -0.2) is 34.5 Å². The van der Waals surface area contributed by atoms with Crippen LogP contribution in [0.15, 0.2) is 65.3 Å². The van der Waals surface area contributed by atoms with Crippen LogP contribution in [0.25, 0.3) is 10.1 Å². The van der Waals surface area contributed by atoms with Crippen LogP contribution in [0.5, 0.6) is 0 Å². The van der Waals surface area contributed by atoms with Crippen molar-refractivity contribution in [3.63, 3.8) is 0 Å². The number of hydrogen-bond donors (Lipinski definition) is 2. The average Bonchev–Trinajstić information content (AvgIpc) is 3.20. The highest BCUT2D eigenvalue weighted by atomic mass is 32.2. The Balaban J connectivity index is 1.75. The molecule has 1 aromatic carbocycles. The first-order valence-electron chi connectivity index (χ1n) is 11.3. The first kappa shape index (κ1) is 26.9. The predicted octanol–water partition coefficient (Wildman–Crippen LogP) is 7.24. The van der Waals surface area contributed by atoms with E-state index in [1.54, 1.807) is 0 Å². The van der Waals surface area contributed by atoms with E-state index < -0.39 is 12.0 Å². The van der Waals surface area contributed by atoms with E-state index in [-0.39, 0.29) is 5.91 Å². The van der Waals surface area contributed by atoms with E-state index in [1.165, 1.54) is 39.8 Å². The summed E-state index contributed by atoms with van der Waals surface area (Å²) in [6.45, 7) is 8.56. The van der Waals surface area contributed by atoms with Crippen molar-refractivity contribution in [3.8, 4) is 0 Å². The van der Waals surface area contributed by atoms with Gasteiger partial charge in [-0.15, -0.1) is 11.3 Å². The maximum Gasteiger partial charge on any atom is 0.327 e. The van der Waals surface area contributed by atoms with Gasteiger partial charge in [0, 0.05) is 16.2 Å².